The van der Waals surface area contributed by atoms with Crippen molar-refractivity contribution in [3.8, 4) is 6.07 Å². The third-order valence-electron chi connectivity index (χ3n) is 3.75. The van der Waals surface area contributed by atoms with Crippen LogP contribution < -0.4 is 5.32 Å². The molecule has 1 aliphatic carbocycles. The van der Waals surface area contributed by atoms with Crippen molar-refractivity contribution < 1.29 is 4.79 Å². The Hall–Kier alpha value is -1.82. The number of nitrogens with one attached hydrogen (secondary N) is 1. The molecule has 0 aliphatic heterocycles. The van der Waals surface area contributed by atoms with E-state index in [-0.39, 0.29) is 11.4 Å². The van der Waals surface area contributed by atoms with Crippen molar-refractivity contribution in [1.29, 1.82) is 5.26 Å². The molecule has 0 aromatic heterocycles. The van der Waals surface area contributed by atoms with Gasteiger partial charge in [-0.15, -0.1) is 0 Å². The van der Waals surface area contributed by atoms with Gasteiger partial charge in [-0.2, -0.15) is 5.26 Å². The molecule has 0 radical (unpaired) electrons. The Morgan fingerprint density at radius 1 is 1.37 bits per heavy atom. The Kier molecular flexibility index (Phi) is 3.90. The summed E-state index contributed by atoms with van der Waals surface area (Å²) in [7, 11) is 0. The molecule has 1 N–H and O–H groups in total. The Morgan fingerprint density at radius 3 is 2.42 bits per heavy atom. The van der Waals surface area contributed by atoms with Gasteiger partial charge in [0.15, 0.2) is 0 Å². The van der Waals surface area contributed by atoms with Gasteiger partial charge in [0.2, 0.25) is 5.91 Å². The van der Waals surface area contributed by atoms with Crippen molar-refractivity contribution in [2.75, 3.05) is 0 Å². The molecular formula is C16H20N2O. The molecule has 0 atom stereocenters. The van der Waals surface area contributed by atoms with Gasteiger partial charge in [0.25, 0.3) is 0 Å². The average Bonchev–Trinajstić information content (AvgIpc) is 2.33. The molecule has 1 amide bonds. The van der Waals surface area contributed by atoms with Crippen LogP contribution in [0.5, 0.6) is 0 Å². The van der Waals surface area contributed by atoms with Crippen LogP contribution in [0.25, 0.3) is 0 Å². The van der Waals surface area contributed by atoms with E-state index >= 15 is 0 Å². The van der Waals surface area contributed by atoms with Crippen molar-refractivity contribution in [2.45, 2.75) is 45.1 Å². The number of nitriles is 1. The van der Waals surface area contributed by atoms with Crippen LogP contribution in [0.15, 0.2) is 24.3 Å². The lowest BCUT2D eigenvalue weighted by Crippen LogP contribution is -2.51. The van der Waals surface area contributed by atoms with Crippen LogP contribution in [0.4, 0.5) is 0 Å². The summed E-state index contributed by atoms with van der Waals surface area (Å²) in [6.45, 7) is 4.10. The number of amides is 1. The first kappa shape index (κ1) is 13.6. The topological polar surface area (TPSA) is 52.9 Å². The van der Waals surface area contributed by atoms with Crippen LogP contribution in [-0.4, -0.2) is 5.91 Å². The zero-order chi connectivity index (χ0) is 13.9. The van der Waals surface area contributed by atoms with E-state index in [1.54, 1.807) is 0 Å². The zero-order valence-corrected chi connectivity index (χ0v) is 11.6. The fraction of sp³-hybridized carbons (Fsp3) is 0.500. The second-order valence-corrected chi connectivity index (χ2v) is 5.77. The Balaban J connectivity index is 2.13. The highest BCUT2D eigenvalue weighted by molar-refractivity contribution is 5.77. The van der Waals surface area contributed by atoms with Gasteiger partial charge < -0.3 is 5.32 Å². The van der Waals surface area contributed by atoms with Crippen LogP contribution in [0.2, 0.25) is 0 Å². The summed E-state index contributed by atoms with van der Waals surface area (Å²) in [5, 5.41) is 12.0. The van der Waals surface area contributed by atoms with Crippen molar-refractivity contribution >= 4 is 5.91 Å². The Morgan fingerprint density at radius 2 is 2.00 bits per heavy atom. The smallest absolute Gasteiger partial charge is 0.220 e. The van der Waals surface area contributed by atoms with E-state index < -0.39 is 0 Å². The lowest BCUT2D eigenvalue weighted by Gasteiger charge is -2.43. The molecule has 3 heteroatoms. The number of carbonyl (C=O) groups is 1. The van der Waals surface area contributed by atoms with Gasteiger partial charge in [0.05, 0.1) is 17.2 Å². The summed E-state index contributed by atoms with van der Waals surface area (Å²) in [5.74, 6) is 0.497. The first-order valence-electron chi connectivity index (χ1n) is 6.87. The summed E-state index contributed by atoms with van der Waals surface area (Å²) in [6, 6.07) is 9.70. The normalized spacial score (nSPS) is 16.5. The van der Waals surface area contributed by atoms with Gasteiger partial charge in [-0.3, -0.25) is 4.79 Å². The summed E-state index contributed by atoms with van der Waals surface area (Å²) in [5.41, 5.74) is 1.58. The van der Waals surface area contributed by atoms with E-state index in [2.05, 4.69) is 25.2 Å². The summed E-state index contributed by atoms with van der Waals surface area (Å²) in [6.07, 6.45) is 3.69. The molecule has 1 fully saturated rings. The number of benzene rings is 1. The summed E-state index contributed by atoms with van der Waals surface area (Å²) in [4.78, 5) is 12.0. The molecule has 100 valence electrons. The lowest BCUT2D eigenvalue weighted by atomic mass is 9.71. The molecule has 3 nitrogen and oxygen atoms in total. The quantitative estimate of drug-likeness (QED) is 0.900. The van der Waals surface area contributed by atoms with Crippen LogP contribution in [0.3, 0.4) is 0 Å². The molecule has 0 unspecified atom stereocenters. The van der Waals surface area contributed by atoms with Crippen LogP contribution in [0.1, 0.15) is 50.7 Å². The SMILES string of the molecule is CC(C)CC(=O)NC1(c2ccc(C#N)cc2)CCC1. The predicted octanol–water partition coefficient (Wildman–Crippen LogP) is 3.10. The summed E-state index contributed by atoms with van der Waals surface area (Å²) < 4.78 is 0. The third kappa shape index (κ3) is 2.96. The molecule has 0 bridgehead atoms. The zero-order valence-electron chi connectivity index (χ0n) is 11.6. The van der Waals surface area contributed by atoms with Gasteiger partial charge in [0.1, 0.15) is 0 Å². The highest BCUT2D eigenvalue weighted by Gasteiger charge is 2.39. The fourth-order valence-corrected chi connectivity index (χ4v) is 2.57. The number of rotatable bonds is 4. The average molecular weight is 256 g/mol. The van der Waals surface area contributed by atoms with Gasteiger partial charge in [-0.1, -0.05) is 26.0 Å². The summed E-state index contributed by atoms with van der Waals surface area (Å²) >= 11 is 0. The minimum Gasteiger partial charge on any atom is -0.347 e. The minimum absolute atomic E-state index is 0.124. The predicted molar refractivity (Wildman–Crippen MR) is 74.3 cm³/mol. The molecular weight excluding hydrogens is 236 g/mol. The van der Waals surface area contributed by atoms with Crippen molar-refractivity contribution in [2.24, 2.45) is 5.92 Å². The van der Waals surface area contributed by atoms with E-state index in [0.717, 1.165) is 24.8 Å². The minimum atomic E-state index is -0.194. The van der Waals surface area contributed by atoms with Crippen LogP contribution in [-0.2, 0) is 10.3 Å². The highest BCUT2D eigenvalue weighted by atomic mass is 16.1. The van der Waals surface area contributed by atoms with Gasteiger partial charge >= 0.3 is 0 Å². The lowest BCUT2D eigenvalue weighted by molar-refractivity contribution is -0.125. The van der Waals surface area contributed by atoms with Gasteiger partial charge in [0, 0.05) is 6.42 Å². The highest BCUT2D eigenvalue weighted by Crippen LogP contribution is 2.41. The number of carbonyl (C=O) groups excluding carboxylic acids is 1. The molecule has 1 saturated carbocycles. The molecule has 1 aromatic rings. The monoisotopic (exact) mass is 256 g/mol. The van der Waals surface area contributed by atoms with E-state index in [1.807, 2.05) is 24.3 Å². The standard InChI is InChI=1S/C16H20N2O/c1-12(2)10-15(19)18-16(8-3-9-16)14-6-4-13(11-17)5-7-14/h4-7,12H,3,8-10H2,1-2H3,(H,18,19). The van der Waals surface area contributed by atoms with Crippen LogP contribution in [0, 0.1) is 17.2 Å². The number of hydrogen-bond acceptors (Lipinski definition) is 2. The van der Waals surface area contributed by atoms with E-state index in [0.29, 0.717) is 17.9 Å². The maximum Gasteiger partial charge on any atom is 0.220 e. The molecule has 1 aliphatic rings. The fourth-order valence-electron chi connectivity index (χ4n) is 2.57. The van der Waals surface area contributed by atoms with Crippen molar-refractivity contribution in [1.82, 2.24) is 5.32 Å². The van der Waals surface area contributed by atoms with E-state index in [1.165, 1.54) is 0 Å². The number of hydrogen-bond donors (Lipinski definition) is 1. The molecule has 1 aromatic carbocycles. The maximum atomic E-state index is 12.0. The Bertz CT molecular complexity index is 492. The molecule has 19 heavy (non-hydrogen) atoms. The molecule has 2 rings (SSSR count). The molecule has 0 spiro atoms. The second-order valence-electron chi connectivity index (χ2n) is 5.77. The van der Waals surface area contributed by atoms with Crippen LogP contribution >= 0.6 is 0 Å². The number of nitrogens with zero attached hydrogens (tertiary/aromatic N) is 1. The maximum absolute atomic E-state index is 12.0. The second kappa shape index (κ2) is 5.44. The first-order chi connectivity index (χ1) is 9.05. The van der Waals surface area contributed by atoms with Crippen molar-refractivity contribution in [3.05, 3.63) is 35.4 Å². The largest absolute Gasteiger partial charge is 0.347 e. The molecule has 0 heterocycles. The van der Waals surface area contributed by atoms with E-state index in [4.69, 9.17) is 5.26 Å². The van der Waals surface area contributed by atoms with Gasteiger partial charge in [-0.25, -0.2) is 0 Å². The molecule has 0 saturated heterocycles. The Labute approximate surface area is 114 Å². The van der Waals surface area contributed by atoms with E-state index in [9.17, 15) is 4.79 Å². The van der Waals surface area contributed by atoms with Crippen molar-refractivity contribution in [3.63, 3.8) is 0 Å². The first-order valence-corrected chi connectivity index (χ1v) is 6.87. The third-order valence-corrected chi connectivity index (χ3v) is 3.75. The van der Waals surface area contributed by atoms with Gasteiger partial charge in [-0.05, 0) is 42.9 Å².